The summed E-state index contributed by atoms with van der Waals surface area (Å²) in [5.41, 5.74) is 1.15. The number of benzene rings is 1. The van der Waals surface area contributed by atoms with Gasteiger partial charge in [0.25, 0.3) is 5.91 Å². The van der Waals surface area contributed by atoms with Crippen LogP contribution in [-0.4, -0.2) is 22.5 Å². The molecule has 2 heterocycles. The number of phenolic OH excluding ortho intramolecular Hbond substituents is 1. The van der Waals surface area contributed by atoms with Crippen molar-refractivity contribution >= 4 is 17.2 Å². The molecule has 0 radical (unpaired) electrons. The first kappa shape index (κ1) is 12.2. The van der Waals surface area contributed by atoms with Gasteiger partial charge in [-0.2, -0.15) is 0 Å². The molecule has 19 heavy (non-hydrogen) atoms. The minimum absolute atomic E-state index is 0.0106. The number of phenols is 1. The summed E-state index contributed by atoms with van der Waals surface area (Å²) in [6.45, 7) is 1.13. The summed E-state index contributed by atoms with van der Waals surface area (Å²) in [4.78, 5) is 15.2. The van der Waals surface area contributed by atoms with E-state index in [2.05, 4.69) is 0 Å². The first-order valence-corrected chi connectivity index (χ1v) is 6.86. The van der Waals surface area contributed by atoms with Crippen molar-refractivity contribution in [3.8, 4) is 5.75 Å². The minimum Gasteiger partial charge on any atom is -0.508 e. The Labute approximate surface area is 113 Å². The third-order valence-electron chi connectivity index (χ3n) is 3.28. The molecule has 2 aromatic rings. The Hall–Kier alpha value is -1.88. The highest BCUT2D eigenvalue weighted by Gasteiger charge is 2.24. The number of halogens is 1. The largest absolute Gasteiger partial charge is 0.508 e. The van der Waals surface area contributed by atoms with Gasteiger partial charge in [-0.05, 0) is 35.6 Å². The lowest BCUT2D eigenvalue weighted by Gasteiger charge is -2.27. The molecule has 0 spiro atoms. The SMILES string of the molecule is O=C(c1ccc(O)cc1F)N1CCc2sccc2C1. The van der Waals surface area contributed by atoms with Gasteiger partial charge in [0.05, 0.1) is 5.56 Å². The maximum absolute atomic E-state index is 13.7. The first-order chi connectivity index (χ1) is 9.15. The van der Waals surface area contributed by atoms with Gasteiger partial charge in [-0.15, -0.1) is 11.3 Å². The smallest absolute Gasteiger partial charge is 0.257 e. The van der Waals surface area contributed by atoms with E-state index in [-0.39, 0.29) is 17.2 Å². The fourth-order valence-corrected chi connectivity index (χ4v) is 3.16. The van der Waals surface area contributed by atoms with Gasteiger partial charge in [0, 0.05) is 24.0 Å². The zero-order valence-corrected chi connectivity index (χ0v) is 10.9. The fourth-order valence-electron chi connectivity index (χ4n) is 2.27. The monoisotopic (exact) mass is 277 g/mol. The molecule has 3 rings (SSSR count). The van der Waals surface area contributed by atoms with E-state index in [1.54, 1.807) is 16.2 Å². The van der Waals surface area contributed by atoms with E-state index in [1.165, 1.54) is 17.0 Å². The number of fused-ring (bicyclic) bond motifs is 1. The van der Waals surface area contributed by atoms with Crippen molar-refractivity contribution in [3.05, 3.63) is 51.5 Å². The molecule has 3 nitrogen and oxygen atoms in total. The van der Waals surface area contributed by atoms with E-state index >= 15 is 0 Å². The van der Waals surface area contributed by atoms with Gasteiger partial charge in [-0.25, -0.2) is 4.39 Å². The number of hydrogen-bond acceptors (Lipinski definition) is 3. The quantitative estimate of drug-likeness (QED) is 0.870. The summed E-state index contributed by atoms with van der Waals surface area (Å²) in [6.07, 6.45) is 0.818. The van der Waals surface area contributed by atoms with Crippen LogP contribution in [-0.2, 0) is 13.0 Å². The van der Waals surface area contributed by atoms with E-state index in [1.807, 2.05) is 11.4 Å². The van der Waals surface area contributed by atoms with Crippen molar-refractivity contribution < 1.29 is 14.3 Å². The zero-order chi connectivity index (χ0) is 13.4. The highest BCUT2D eigenvalue weighted by molar-refractivity contribution is 7.10. The highest BCUT2D eigenvalue weighted by atomic mass is 32.1. The Kier molecular flexibility index (Phi) is 2.98. The summed E-state index contributed by atoms with van der Waals surface area (Å²) >= 11 is 1.69. The molecule has 1 aliphatic heterocycles. The molecule has 1 N–H and O–H groups in total. The van der Waals surface area contributed by atoms with Crippen LogP contribution >= 0.6 is 11.3 Å². The Morgan fingerprint density at radius 3 is 3.00 bits per heavy atom. The molecule has 0 saturated heterocycles. The number of carbonyl (C=O) groups is 1. The summed E-state index contributed by atoms with van der Waals surface area (Å²) in [7, 11) is 0. The molecule has 0 unspecified atom stereocenters. The zero-order valence-electron chi connectivity index (χ0n) is 10.1. The van der Waals surface area contributed by atoms with Gasteiger partial charge in [-0.1, -0.05) is 0 Å². The highest BCUT2D eigenvalue weighted by Crippen LogP contribution is 2.26. The molecule has 0 aliphatic carbocycles. The summed E-state index contributed by atoms with van der Waals surface area (Å²) < 4.78 is 13.7. The van der Waals surface area contributed by atoms with Crippen molar-refractivity contribution in [1.82, 2.24) is 4.90 Å². The number of aromatic hydroxyl groups is 1. The van der Waals surface area contributed by atoms with Crippen LogP contribution < -0.4 is 0 Å². The molecule has 1 amide bonds. The Bertz CT molecular complexity index is 638. The molecule has 0 bridgehead atoms. The lowest BCUT2D eigenvalue weighted by molar-refractivity contribution is 0.0731. The third-order valence-corrected chi connectivity index (χ3v) is 4.30. The molecule has 5 heteroatoms. The number of nitrogens with zero attached hydrogens (tertiary/aromatic N) is 1. The van der Waals surface area contributed by atoms with Crippen molar-refractivity contribution in [2.24, 2.45) is 0 Å². The number of hydrogen-bond donors (Lipinski definition) is 1. The minimum atomic E-state index is -0.680. The van der Waals surface area contributed by atoms with E-state index < -0.39 is 5.82 Å². The lowest BCUT2D eigenvalue weighted by atomic mass is 10.1. The van der Waals surface area contributed by atoms with Crippen LogP contribution in [0.1, 0.15) is 20.8 Å². The van der Waals surface area contributed by atoms with E-state index in [9.17, 15) is 9.18 Å². The van der Waals surface area contributed by atoms with Crippen LogP contribution in [0.25, 0.3) is 0 Å². The predicted molar refractivity (Wildman–Crippen MR) is 70.8 cm³/mol. The molecule has 1 aromatic heterocycles. The maximum Gasteiger partial charge on any atom is 0.257 e. The molecular formula is C14H12FNO2S. The van der Waals surface area contributed by atoms with E-state index in [0.29, 0.717) is 13.1 Å². The lowest BCUT2D eigenvalue weighted by Crippen LogP contribution is -2.35. The normalized spacial score (nSPS) is 14.3. The molecule has 0 atom stereocenters. The van der Waals surface area contributed by atoms with Crippen LogP contribution in [0.3, 0.4) is 0 Å². The number of rotatable bonds is 1. The molecule has 0 saturated carbocycles. The second-order valence-electron chi connectivity index (χ2n) is 4.51. The molecular weight excluding hydrogens is 265 g/mol. The van der Waals surface area contributed by atoms with Gasteiger partial charge >= 0.3 is 0 Å². The summed E-state index contributed by atoms with van der Waals surface area (Å²) in [5.74, 6) is -1.18. The summed E-state index contributed by atoms with van der Waals surface area (Å²) in [6, 6.07) is 5.63. The molecule has 0 fully saturated rings. The standard InChI is InChI=1S/C14H12FNO2S/c15-12-7-10(17)1-2-11(12)14(18)16-5-3-13-9(8-16)4-6-19-13/h1-2,4,6-7,17H,3,5,8H2. The number of amides is 1. The van der Waals surface area contributed by atoms with Crippen LogP contribution in [0.4, 0.5) is 4.39 Å². The second-order valence-corrected chi connectivity index (χ2v) is 5.51. The van der Waals surface area contributed by atoms with Gasteiger partial charge in [0.2, 0.25) is 0 Å². The van der Waals surface area contributed by atoms with E-state index in [4.69, 9.17) is 5.11 Å². The Morgan fingerprint density at radius 1 is 1.37 bits per heavy atom. The predicted octanol–water partition coefficient (Wildman–Crippen LogP) is 2.79. The van der Waals surface area contributed by atoms with Crippen molar-refractivity contribution in [2.45, 2.75) is 13.0 Å². The maximum atomic E-state index is 13.7. The topological polar surface area (TPSA) is 40.5 Å². The van der Waals surface area contributed by atoms with Crippen LogP contribution in [0.5, 0.6) is 5.75 Å². The third kappa shape index (κ3) is 2.21. The average molecular weight is 277 g/mol. The van der Waals surface area contributed by atoms with Gasteiger partial charge < -0.3 is 10.0 Å². The first-order valence-electron chi connectivity index (χ1n) is 5.98. The van der Waals surface area contributed by atoms with Crippen molar-refractivity contribution in [3.63, 3.8) is 0 Å². The van der Waals surface area contributed by atoms with Gasteiger partial charge in [-0.3, -0.25) is 4.79 Å². The fraction of sp³-hybridized carbons (Fsp3) is 0.214. The van der Waals surface area contributed by atoms with Gasteiger partial charge in [0.15, 0.2) is 0 Å². The Morgan fingerprint density at radius 2 is 2.21 bits per heavy atom. The van der Waals surface area contributed by atoms with Crippen LogP contribution in [0.15, 0.2) is 29.6 Å². The van der Waals surface area contributed by atoms with Crippen LogP contribution in [0.2, 0.25) is 0 Å². The molecule has 1 aromatic carbocycles. The number of carbonyl (C=O) groups excluding carboxylic acids is 1. The molecule has 1 aliphatic rings. The second kappa shape index (κ2) is 4.66. The van der Waals surface area contributed by atoms with Crippen LogP contribution in [0, 0.1) is 5.82 Å². The van der Waals surface area contributed by atoms with Crippen molar-refractivity contribution in [2.75, 3.05) is 6.54 Å². The number of thiophene rings is 1. The summed E-state index contributed by atoms with van der Waals surface area (Å²) in [5, 5.41) is 11.2. The van der Waals surface area contributed by atoms with Gasteiger partial charge in [0.1, 0.15) is 11.6 Å². The van der Waals surface area contributed by atoms with Crippen molar-refractivity contribution in [1.29, 1.82) is 0 Å². The van der Waals surface area contributed by atoms with E-state index in [0.717, 1.165) is 18.1 Å². The average Bonchev–Trinajstić information content (AvgIpc) is 2.85. The molecule has 98 valence electrons. The Balaban J connectivity index is 1.85.